The Kier molecular flexibility index (Phi) is 6.33. The van der Waals surface area contributed by atoms with Gasteiger partial charge in [-0.25, -0.2) is 0 Å². The molecule has 86 valence electrons. The van der Waals surface area contributed by atoms with Crippen LogP contribution < -0.4 is 0 Å². The van der Waals surface area contributed by atoms with Crippen LogP contribution in [0.15, 0.2) is 0 Å². The molecular formula is C11H20N2O2. The van der Waals surface area contributed by atoms with Gasteiger partial charge in [0.1, 0.15) is 0 Å². The summed E-state index contributed by atoms with van der Waals surface area (Å²) >= 11 is 0. The van der Waals surface area contributed by atoms with E-state index in [-0.39, 0.29) is 6.61 Å². The third kappa shape index (κ3) is 5.12. The first kappa shape index (κ1) is 12.4. The van der Waals surface area contributed by atoms with Crippen molar-refractivity contribution in [1.82, 2.24) is 5.06 Å². The van der Waals surface area contributed by atoms with Crippen molar-refractivity contribution in [2.24, 2.45) is 5.92 Å². The summed E-state index contributed by atoms with van der Waals surface area (Å²) in [6.45, 7) is 2.70. The monoisotopic (exact) mass is 212 g/mol. The molecule has 1 heterocycles. The molecule has 0 spiro atoms. The van der Waals surface area contributed by atoms with Crippen molar-refractivity contribution in [2.75, 3.05) is 26.3 Å². The highest BCUT2D eigenvalue weighted by Gasteiger charge is 2.19. The van der Waals surface area contributed by atoms with Crippen LogP contribution in [-0.4, -0.2) is 36.5 Å². The van der Waals surface area contributed by atoms with Crippen LogP contribution in [0.5, 0.6) is 0 Å². The molecule has 1 unspecified atom stereocenters. The van der Waals surface area contributed by atoms with Gasteiger partial charge in [-0.05, 0) is 31.6 Å². The lowest BCUT2D eigenvalue weighted by atomic mass is 9.95. The molecule has 1 rings (SSSR count). The Balaban J connectivity index is 2.14. The van der Waals surface area contributed by atoms with Gasteiger partial charge < -0.3 is 5.11 Å². The first-order chi connectivity index (χ1) is 7.36. The van der Waals surface area contributed by atoms with Crippen molar-refractivity contribution in [3.05, 3.63) is 0 Å². The highest BCUT2D eigenvalue weighted by Crippen LogP contribution is 2.20. The van der Waals surface area contributed by atoms with E-state index in [0.29, 0.717) is 25.4 Å². The van der Waals surface area contributed by atoms with E-state index in [1.165, 1.54) is 6.42 Å². The summed E-state index contributed by atoms with van der Waals surface area (Å²) in [6, 6.07) is 2.19. The summed E-state index contributed by atoms with van der Waals surface area (Å²) < 4.78 is 0. The molecule has 0 radical (unpaired) electrons. The summed E-state index contributed by atoms with van der Waals surface area (Å²) in [6.07, 6.45) is 4.68. The van der Waals surface area contributed by atoms with Crippen molar-refractivity contribution < 1.29 is 9.94 Å². The van der Waals surface area contributed by atoms with Crippen LogP contribution in [0.25, 0.3) is 0 Å². The summed E-state index contributed by atoms with van der Waals surface area (Å²) in [5, 5.41) is 19.1. The quantitative estimate of drug-likeness (QED) is 0.675. The lowest BCUT2D eigenvalue weighted by molar-refractivity contribution is -0.180. The lowest BCUT2D eigenvalue weighted by Crippen LogP contribution is -2.35. The first-order valence-corrected chi connectivity index (χ1v) is 5.72. The normalized spacial score (nSPS) is 22.5. The maximum Gasteiger partial charge on any atom is 0.0706 e. The molecule has 4 nitrogen and oxygen atoms in total. The zero-order valence-corrected chi connectivity index (χ0v) is 9.19. The smallest absolute Gasteiger partial charge is 0.0706 e. The minimum Gasteiger partial charge on any atom is -0.396 e. The third-order valence-corrected chi connectivity index (χ3v) is 2.72. The van der Waals surface area contributed by atoms with Crippen LogP contribution in [0, 0.1) is 17.2 Å². The fraction of sp³-hybridized carbons (Fsp3) is 0.909. The van der Waals surface area contributed by atoms with E-state index in [9.17, 15) is 0 Å². The fourth-order valence-electron chi connectivity index (χ4n) is 1.91. The molecule has 0 aromatic rings. The summed E-state index contributed by atoms with van der Waals surface area (Å²) in [7, 11) is 0. The molecule has 1 aliphatic rings. The largest absolute Gasteiger partial charge is 0.396 e. The molecule has 1 aliphatic heterocycles. The van der Waals surface area contributed by atoms with Crippen molar-refractivity contribution in [3.8, 4) is 6.07 Å². The molecular weight excluding hydrogens is 192 g/mol. The van der Waals surface area contributed by atoms with Crippen molar-refractivity contribution in [2.45, 2.75) is 32.1 Å². The summed E-state index contributed by atoms with van der Waals surface area (Å²) in [5.74, 6) is 0.604. The molecule has 0 saturated carbocycles. The maximum absolute atomic E-state index is 8.63. The van der Waals surface area contributed by atoms with Crippen molar-refractivity contribution in [3.63, 3.8) is 0 Å². The van der Waals surface area contributed by atoms with E-state index in [1.54, 1.807) is 0 Å². The van der Waals surface area contributed by atoms with E-state index in [4.69, 9.17) is 15.2 Å². The van der Waals surface area contributed by atoms with E-state index in [0.717, 1.165) is 25.9 Å². The molecule has 4 heteroatoms. The third-order valence-electron chi connectivity index (χ3n) is 2.72. The Morgan fingerprint density at radius 2 is 2.40 bits per heavy atom. The van der Waals surface area contributed by atoms with Gasteiger partial charge in [0.25, 0.3) is 0 Å². The molecule has 1 saturated heterocycles. The summed E-state index contributed by atoms with van der Waals surface area (Å²) in [5.41, 5.74) is 0. The van der Waals surface area contributed by atoms with Gasteiger partial charge >= 0.3 is 0 Å². The minimum absolute atomic E-state index is 0.186. The van der Waals surface area contributed by atoms with E-state index >= 15 is 0 Å². The summed E-state index contributed by atoms with van der Waals surface area (Å²) in [4.78, 5) is 5.52. The number of nitrogens with zero attached hydrogens (tertiary/aromatic N) is 2. The lowest BCUT2D eigenvalue weighted by Gasteiger charge is -2.31. The zero-order valence-electron chi connectivity index (χ0n) is 9.19. The molecule has 1 atom stereocenters. The minimum atomic E-state index is 0.186. The number of piperidine rings is 1. The number of hydroxylamine groups is 2. The number of aliphatic hydroxyl groups excluding tert-OH is 1. The number of nitriles is 1. The van der Waals surface area contributed by atoms with Crippen LogP contribution >= 0.6 is 0 Å². The number of rotatable bonds is 6. The van der Waals surface area contributed by atoms with Crippen LogP contribution in [0.1, 0.15) is 32.1 Å². The maximum atomic E-state index is 8.63. The van der Waals surface area contributed by atoms with Crippen molar-refractivity contribution >= 4 is 0 Å². The molecule has 15 heavy (non-hydrogen) atoms. The van der Waals surface area contributed by atoms with Gasteiger partial charge in [0.05, 0.1) is 12.7 Å². The van der Waals surface area contributed by atoms with Gasteiger partial charge in [0.15, 0.2) is 0 Å². The Morgan fingerprint density at radius 1 is 1.53 bits per heavy atom. The van der Waals surface area contributed by atoms with Gasteiger partial charge in [0, 0.05) is 26.1 Å². The second-order valence-corrected chi connectivity index (χ2v) is 4.00. The first-order valence-electron chi connectivity index (χ1n) is 5.72. The standard InChI is InChI=1S/C11H20N2O2/c12-6-1-4-11-5-2-7-13(10-11)15-9-3-8-14/h11,14H,1-5,7-10H2. The van der Waals surface area contributed by atoms with E-state index in [2.05, 4.69) is 6.07 Å². The van der Waals surface area contributed by atoms with Crippen LogP contribution in [-0.2, 0) is 4.84 Å². The Hall–Kier alpha value is -0.630. The van der Waals surface area contributed by atoms with Crippen LogP contribution in [0.2, 0.25) is 0 Å². The molecule has 0 aliphatic carbocycles. The predicted octanol–water partition coefficient (Wildman–Crippen LogP) is 1.32. The SMILES string of the molecule is N#CCCC1CCCN(OCCCO)C1. The van der Waals surface area contributed by atoms with Crippen molar-refractivity contribution in [1.29, 1.82) is 5.26 Å². The molecule has 1 fully saturated rings. The van der Waals surface area contributed by atoms with Crippen LogP contribution in [0.3, 0.4) is 0 Å². The van der Waals surface area contributed by atoms with Gasteiger partial charge in [-0.2, -0.15) is 10.3 Å². The number of hydrogen-bond acceptors (Lipinski definition) is 4. The number of aliphatic hydroxyl groups is 1. The van der Waals surface area contributed by atoms with Gasteiger partial charge in [-0.3, -0.25) is 4.84 Å². The average molecular weight is 212 g/mol. The van der Waals surface area contributed by atoms with Gasteiger partial charge in [-0.1, -0.05) is 0 Å². The van der Waals surface area contributed by atoms with Gasteiger partial charge in [0.2, 0.25) is 0 Å². The topological polar surface area (TPSA) is 56.5 Å². The van der Waals surface area contributed by atoms with E-state index in [1.807, 2.05) is 5.06 Å². The van der Waals surface area contributed by atoms with Crippen LogP contribution in [0.4, 0.5) is 0 Å². The number of hydrogen-bond donors (Lipinski definition) is 1. The highest BCUT2D eigenvalue weighted by atomic mass is 16.7. The Bertz CT molecular complexity index is 203. The predicted molar refractivity (Wildman–Crippen MR) is 56.8 cm³/mol. The van der Waals surface area contributed by atoms with Gasteiger partial charge in [-0.15, -0.1) is 0 Å². The Labute approximate surface area is 91.4 Å². The molecule has 0 amide bonds. The molecule has 1 N–H and O–H groups in total. The Morgan fingerprint density at radius 3 is 3.13 bits per heavy atom. The average Bonchev–Trinajstić information content (AvgIpc) is 2.27. The molecule has 0 aromatic heterocycles. The highest BCUT2D eigenvalue weighted by molar-refractivity contribution is 4.75. The molecule has 0 aromatic carbocycles. The zero-order chi connectivity index (χ0) is 10.9. The van der Waals surface area contributed by atoms with E-state index < -0.39 is 0 Å². The second kappa shape index (κ2) is 7.63. The fourth-order valence-corrected chi connectivity index (χ4v) is 1.91. The second-order valence-electron chi connectivity index (χ2n) is 4.00. The molecule has 0 bridgehead atoms.